The van der Waals surface area contributed by atoms with Gasteiger partial charge in [-0.05, 0) is 43.8 Å². The Morgan fingerprint density at radius 3 is 2.63 bits per heavy atom. The highest BCUT2D eigenvalue weighted by atomic mass is 19.1. The molecule has 7 nitrogen and oxygen atoms in total. The molecule has 0 unspecified atom stereocenters. The molecule has 8 heteroatoms. The molecule has 0 saturated carbocycles. The molecule has 2 aromatic heterocycles. The predicted octanol–water partition coefficient (Wildman–Crippen LogP) is 2.85. The van der Waals surface area contributed by atoms with E-state index in [1.807, 2.05) is 18.2 Å². The number of hydrogen-bond acceptors (Lipinski definition) is 5. The van der Waals surface area contributed by atoms with E-state index in [1.165, 1.54) is 6.07 Å². The Balaban J connectivity index is 1.62. The normalized spacial score (nSPS) is 15.4. The Kier molecular flexibility index (Phi) is 4.25. The van der Waals surface area contributed by atoms with E-state index in [9.17, 15) is 9.18 Å². The maximum Gasteiger partial charge on any atom is 0.261 e. The van der Waals surface area contributed by atoms with Crippen molar-refractivity contribution < 1.29 is 4.39 Å². The van der Waals surface area contributed by atoms with Crippen LogP contribution in [0.3, 0.4) is 0 Å². The number of H-pyrrole nitrogens is 2. The molecular weight excluding hydrogens is 383 g/mol. The van der Waals surface area contributed by atoms with Crippen LogP contribution in [0.1, 0.15) is 5.56 Å². The molecule has 154 valence electrons. The number of hydrogen-bond donors (Lipinski definition) is 3. The van der Waals surface area contributed by atoms with Crippen molar-refractivity contribution in [2.45, 2.75) is 6.92 Å². The number of aromatic nitrogens is 3. The van der Waals surface area contributed by atoms with E-state index >= 15 is 0 Å². The fraction of sp³-hybridized carbons (Fsp3) is 0.273. The first-order valence-electron chi connectivity index (χ1n) is 9.96. The van der Waals surface area contributed by atoms with Crippen LogP contribution in [0.5, 0.6) is 0 Å². The minimum absolute atomic E-state index is 0.0910. The van der Waals surface area contributed by atoms with E-state index in [-0.39, 0.29) is 16.6 Å². The second-order valence-electron chi connectivity index (χ2n) is 7.93. The van der Waals surface area contributed by atoms with E-state index in [0.717, 1.165) is 48.5 Å². The number of nitrogens with zero attached hydrogens (tertiary/aromatic N) is 3. The maximum atomic E-state index is 14.5. The van der Waals surface area contributed by atoms with Crippen molar-refractivity contribution in [3.05, 3.63) is 52.1 Å². The number of anilines is 2. The average molecular weight is 406 g/mol. The van der Waals surface area contributed by atoms with E-state index in [1.54, 1.807) is 13.0 Å². The zero-order valence-electron chi connectivity index (χ0n) is 16.9. The number of piperazine rings is 1. The molecule has 3 heterocycles. The van der Waals surface area contributed by atoms with Crippen LogP contribution in [0, 0.1) is 12.7 Å². The number of aryl methyl sites for hydroxylation is 1. The van der Waals surface area contributed by atoms with Gasteiger partial charge >= 0.3 is 0 Å². The fourth-order valence-electron chi connectivity index (χ4n) is 4.14. The topological polar surface area (TPSA) is 94.0 Å². The summed E-state index contributed by atoms with van der Waals surface area (Å²) < 4.78 is 14.5. The van der Waals surface area contributed by atoms with E-state index < -0.39 is 11.4 Å². The molecule has 30 heavy (non-hydrogen) atoms. The van der Waals surface area contributed by atoms with Crippen molar-refractivity contribution >= 4 is 33.3 Å². The highest BCUT2D eigenvalue weighted by Crippen LogP contribution is 2.32. The van der Waals surface area contributed by atoms with Gasteiger partial charge in [-0.2, -0.15) is 0 Å². The lowest BCUT2D eigenvalue weighted by atomic mass is 10.1. The summed E-state index contributed by atoms with van der Waals surface area (Å²) in [6.45, 7) is 5.75. The molecule has 0 radical (unpaired) electrons. The van der Waals surface area contributed by atoms with Crippen molar-refractivity contribution in [3.8, 4) is 11.4 Å². The molecule has 0 aliphatic carbocycles. The first kappa shape index (κ1) is 18.6. The van der Waals surface area contributed by atoms with Gasteiger partial charge in [-0.1, -0.05) is 6.07 Å². The molecule has 1 aliphatic rings. The maximum absolute atomic E-state index is 14.5. The number of nitrogen functional groups attached to an aromatic ring is 1. The van der Waals surface area contributed by atoms with Crippen molar-refractivity contribution in [3.63, 3.8) is 0 Å². The average Bonchev–Trinajstić information content (AvgIpc) is 3.13. The number of benzene rings is 2. The molecule has 1 fully saturated rings. The van der Waals surface area contributed by atoms with Crippen LogP contribution >= 0.6 is 0 Å². The Morgan fingerprint density at radius 1 is 1.10 bits per heavy atom. The third-order valence-corrected chi connectivity index (χ3v) is 5.94. The van der Waals surface area contributed by atoms with E-state index in [4.69, 9.17) is 5.73 Å². The van der Waals surface area contributed by atoms with Crippen LogP contribution in [0.2, 0.25) is 0 Å². The largest absolute Gasteiger partial charge is 0.397 e. The summed E-state index contributed by atoms with van der Waals surface area (Å²) in [6, 6.07) is 8.98. The minimum Gasteiger partial charge on any atom is -0.397 e. The molecule has 1 aliphatic heterocycles. The molecular formula is C22H23FN6O. The summed E-state index contributed by atoms with van der Waals surface area (Å²) in [6.07, 6.45) is 0. The molecule has 4 N–H and O–H groups in total. The standard InChI is InChI=1S/C22H23FN6O/c1-12-3-5-14(23)17-19(24)18(22(30)27-20(12)17)21-25-15-6-4-13(11-16(15)26-21)29-9-7-28(2)8-10-29/h3-6,11H,7-10H2,1-2H3,(H,25,26)(H3,24,27,30). The first-order chi connectivity index (χ1) is 14.4. The second kappa shape index (κ2) is 6.84. The molecule has 0 atom stereocenters. The Labute approximate surface area is 172 Å². The summed E-state index contributed by atoms with van der Waals surface area (Å²) in [7, 11) is 2.12. The second-order valence-corrected chi connectivity index (χ2v) is 7.93. The van der Waals surface area contributed by atoms with Crippen molar-refractivity contribution in [2.24, 2.45) is 0 Å². The van der Waals surface area contributed by atoms with Gasteiger partial charge in [0.05, 0.1) is 27.6 Å². The Hall–Kier alpha value is -3.39. The lowest BCUT2D eigenvalue weighted by Gasteiger charge is -2.34. The van der Waals surface area contributed by atoms with Crippen LogP contribution in [-0.4, -0.2) is 53.1 Å². The van der Waals surface area contributed by atoms with Gasteiger partial charge in [-0.3, -0.25) is 4.79 Å². The van der Waals surface area contributed by atoms with Crippen molar-refractivity contribution in [1.29, 1.82) is 0 Å². The first-order valence-corrected chi connectivity index (χ1v) is 9.96. The number of nitrogens with two attached hydrogens (primary N) is 1. The molecule has 5 rings (SSSR count). The van der Waals surface area contributed by atoms with Gasteiger partial charge in [-0.15, -0.1) is 0 Å². The number of likely N-dealkylation sites (N-methyl/N-ethyl adjacent to an activating group) is 1. The smallest absolute Gasteiger partial charge is 0.261 e. The number of imidazole rings is 1. The van der Waals surface area contributed by atoms with Crippen LogP contribution in [0.4, 0.5) is 15.8 Å². The summed E-state index contributed by atoms with van der Waals surface area (Å²) in [4.78, 5) is 28.0. The van der Waals surface area contributed by atoms with Crippen LogP contribution in [-0.2, 0) is 0 Å². The third kappa shape index (κ3) is 2.91. The van der Waals surface area contributed by atoms with E-state index in [2.05, 4.69) is 31.8 Å². The number of aromatic amines is 2. The van der Waals surface area contributed by atoms with Crippen molar-refractivity contribution in [1.82, 2.24) is 19.9 Å². The minimum atomic E-state index is -0.473. The molecule has 0 amide bonds. The zero-order valence-corrected chi connectivity index (χ0v) is 16.9. The summed E-state index contributed by atoms with van der Waals surface area (Å²) in [5.41, 5.74) is 9.93. The molecule has 0 spiro atoms. The Morgan fingerprint density at radius 2 is 1.87 bits per heavy atom. The van der Waals surface area contributed by atoms with Crippen molar-refractivity contribution in [2.75, 3.05) is 43.9 Å². The highest BCUT2D eigenvalue weighted by molar-refractivity contribution is 5.99. The summed E-state index contributed by atoms with van der Waals surface area (Å²) in [5.74, 6) is -0.138. The van der Waals surface area contributed by atoms with E-state index in [0.29, 0.717) is 11.3 Å². The third-order valence-electron chi connectivity index (χ3n) is 5.94. The van der Waals surface area contributed by atoms with Gasteiger partial charge in [0.2, 0.25) is 0 Å². The molecule has 4 aromatic rings. The number of fused-ring (bicyclic) bond motifs is 2. The molecule has 0 bridgehead atoms. The number of halogens is 1. The van der Waals surface area contributed by atoms with Gasteiger partial charge in [0.25, 0.3) is 5.56 Å². The highest BCUT2D eigenvalue weighted by Gasteiger charge is 2.20. The van der Waals surface area contributed by atoms with Gasteiger partial charge in [0.1, 0.15) is 17.2 Å². The molecule has 1 saturated heterocycles. The summed E-state index contributed by atoms with van der Waals surface area (Å²) >= 11 is 0. The lowest BCUT2D eigenvalue weighted by molar-refractivity contribution is 0.313. The molecule has 2 aromatic carbocycles. The Bertz CT molecular complexity index is 1330. The van der Waals surface area contributed by atoms with Gasteiger partial charge < -0.3 is 25.5 Å². The fourth-order valence-corrected chi connectivity index (χ4v) is 4.14. The number of pyridine rings is 1. The quantitative estimate of drug-likeness (QED) is 0.476. The summed E-state index contributed by atoms with van der Waals surface area (Å²) in [5, 5.41) is 0.211. The number of nitrogens with one attached hydrogen (secondary N) is 2. The van der Waals surface area contributed by atoms with Crippen LogP contribution < -0.4 is 16.2 Å². The zero-order chi connectivity index (χ0) is 21.0. The van der Waals surface area contributed by atoms with Crippen LogP contribution in [0.25, 0.3) is 33.3 Å². The van der Waals surface area contributed by atoms with Gasteiger partial charge in [0, 0.05) is 31.9 Å². The number of rotatable bonds is 2. The van der Waals surface area contributed by atoms with Gasteiger partial charge in [0.15, 0.2) is 0 Å². The lowest BCUT2D eigenvalue weighted by Crippen LogP contribution is -2.44. The predicted molar refractivity (Wildman–Crippen MR) is 118 cm³/mol. The van der Waals surface area contributed by atoms with Crippen LogP contribution in [0.15, 0.2) is 35.1 Å². The monoisotopic (exact) mass is 406 g/mol. The SMILES string of the molecule is Cc1ccc(F)c2c(N)c(-c3nc4ccc(N5CCN(C)CC5)cc4[nH]3)c(=O)[nH]c12. The van der Waals surface area contributed by atoms with Gasteiger partial charge in [-0.25, -0.2) is 9.37 Å².